The van der Waals surface area contributed by atoms with Crippen molar-refractivity contribution in [3.05, 3.63) is 0 Å². The van der Waals surface area contributed by atoms with Crippen molar-refractivity contribution < 1.29 is 24.6 Å². The minimum atomic E-state index is -1.74. The number of carbonyl (C=O) groups is 3. The zero-order chi connectivity index (χ0) is 19.2. The summed E-state index contributed by atoms with van der Waals surface area (Å²) in [7, 11) is 0. The zero-order valence-electron chi connectivity index (χ0n) is 15.8. The van der Waals surface area contributed by atoms with E-state index in [0.717, 1.165) is 17.8 Å². The lowest BCUT2D eigenvalue weighted by Gasteiger charge is -2.56. The van der Waals surface area contributed by atoms with Crippen molar-refractivity contribution in [2.75, 3.05) is 19.6 Å². The maximum atomic E-state index is 12.5. The van der Waals surface area contributed by atoms with Crippen molar-refractivity contribution in [3.8, 4) is 0 Å². The second-order valence-electron chi connectivity index (χ2n) is 9.59. The lowest BCUT2D eigenvalue weighted by atomic mass is 9.49. The summed E-state index contributed by atoms with van der Waals surface area (Å²) in [4.78, 5) is 37.4. The van der Waals surface area contributed by atoms with Gasteiger partial charge in [-0.3, -0.25) is 9.59 Å². The third kappa shape index (κ3) is 3.71. The molecule has 0 aromatic carbocycles. The number of aliphatic hydroxyl groups is 1. The van der Waals surface area contributed by atoms with Gasteiger partial charge in [0.2, 0.25) is 11.8 Å². The maximum absolute atomic E-state index is 12.5. The minimum absolute atomic E-state index is 0.0231. The van der Waals surface area contributed by atoms with Crippen molar-refractivity contribution in [2.24, 2.45) is 23.2 Å². The summed E-state index contributed by atoms with van der Waals surface area (Å²) < 4.78 is 0. The van der Waals surface area contributed by atoms with Crippen molar-refractivity contribution in [2.45, 2.75) is 63.4 Å². The predicted molar refractivity (Wildman–Crippen MR) is 96.6 cm³/mol. The van der Waals surface area contributed by atoms with Crippen LogP contribution in [0.4, 0.5) is 0 Å². The van der Waals surface area contributed by atoms with Crippen LogP contribution in [0.1, 0.15) is 57.8 Å². The summed E-state index contributed by atoms with van der Waals surface area (Å²) in [5.74, 6) is 0.912. The molecule has 1 aliphatic heterocycles. The number of piperidine rings is 1. The standard InChI is InChI=1S/C20H30N2O5/c23-16(11-19-8-13-5-14(9-19)7-15(6-13)10-19)21-12-17(24)22-3-1-20(27,2-4-22)18(25)26/h13-15,27H,1-12H2,(H,21,23)(H,25,26). The quantitative estimate of drug-likeness (QED) is 0.665. The Morgan fingerprint density at radius 1 is 0.963 bits per heavy atom. The van der Waals surface area contributed by atoms with E-state index in [2.05, 4.69) is 5.32 Å². The van der Waals surface area contributed by atoms with Gasteiger partial charge < -0.3 is 20.4 Å². The molecule has 1 heterocycles. The molecule has 4 bridgehead atoms. The first-order valence-corrected chi connectivity index (χ1v) is 10.3. The second kappa shape index (κ2) is 6.76. The van der Waals surface area contributed by atoms with E-state index in [0.29, 0.717) is 6.42 Å². The number of amides is 2. The van der Waals surface area contributed by atoms with Crippen molar-refractivity contribution >= 4 is 17.8 Å². The molecule has 0 radical (unpaired) electrons. The number of nitrogens with zero attached hydrogens (tertiary/aromatic N) is 1. The summed E-state index contributed by atoms with van der Waals surface area (Å²) in [5.41, 5.74) is -1.58. The number of hydrogen-bond donors (Lipinski definition) is 3. The van der Waals surface area contributed by atoms with Crippen molar-refractivity contribution in [1.29, 1.82) is 0 Å². The smallest absolute Gasteiger partial charge is 0.335 e. The van der Waals surface area contributed by atoms with E-state index in [1.807, 2.05) is 0 Å². The molecule has 4 saturated carbocycles. The Morgan fingerprint density at radius 3 is 1.96 bits per heavy atom. The first-order valence-electron chi connectivity index (χ1n) is 10.3. The molecule has 0 aromatic heterocycles. The van der Waals surface area contributed by atoms with Crippen LogP contribution in [-0.2, 0) is 14.4 Å². The zero-order valence-corrected chi connectivity index (χ0v) is 15.8. The molecule has 7 nitrogen and oxygen atoms in total. The fourth-order valence-electron chi connectivity index (χ4n) is 6.54. The van der Waals surface area contributed by atoms with Crippen LogP contribution in [0.15, 0.2) is 0 Å². The first kappa shape index (κ1) is 18.7. The fourth-order valence-corrected chi connectivity index (χ4v) is 6.54. The summed E-state index contributed by atoms with van der Waals surface area (Å²) in [5, 5.41) is 21.8. The lowest BCUT2D eigenvalue weighted by molar-refractivity contribution is -0.165. The molecule has 0 unspecified atom stereocenters. The molecule has 1 saturated heterocycles. The van der Waals surface area contributed by atoms with E-state index in [-0.39, 0.29) is 49.7 Å². The highest BCUT2D eigenvalue weighted by Crippen LogP contribution is 2.61. The van der Waals surface area contributed by atoms with Crippen LogP contribution in [0.2, 0.25) is 0 Å². The highest BCUT2D eigenvalue weighted by molar-refractivity contribution is 5.85. The molecule has 0 spiro atoms. The van der Waals surface area contributed by atoms with E-state index in [4.69, 9.17) is 5.11 Å². The molecule has 2 amide bonds. The Kier molecular flexibility index (Phi) is 4.69. The van der Waals surface area contributed by atoms with E-state index in [9.17, 15) is 19.5 Å². The molecule has 5 rings (SSSR count). The van der Waals surface area contributed by atoms with Crippen molar-refractivity contribution in [3.63, 3.8) is 0 Å². The van der Waals surface area contributed by atoms with Gasteiger partial charge in [0.25, 0.3) is 0 Å². The number of nitrogens with one attached hydrogen (secondary N) is 1. The van der Waals surface area contributed by atoms with Gasteiger partial charge in [0, 0.05) is 32.4 Å². The van der Waals surface area contributed by atoms with Crippen LogP contribution in [0, 0.1) is 23.2 Å². The summed E-state index contributed by atoms with van der Waals surface area (Å²) in [6.45, 7) is 0.357. The van der Waals surface area contributed by atoms with Crippen LogP contribution in [0.5, 0.6) is 0 Å². The fraction of sp³-hybridized carbons (Fsp3) is 0.850. The Bertz CT molecular complexity index is 603. The maximum Gasteiger partial charge on any atom is 0.335 e. The average molecular weight is 378 g/mol. The molecule has 7 heteroatoms. The van der Waals surface area contributed by atoms with E-state index >= 15 is 0 Å². The largest absolute Gasteiger partial charge is 0.479 e. The van der Waals surface area contributed by atoms with Crippen LogP contribution < -0.4 is 5.32 Å². The Balaban J connectivity index is 1.24. The number of rotatable bonds is 5. The van der Waals surface area contributed by atoms with Gasteiger partial charge in [-0.1, -0.05) is 0 Å². The second-order valence-corrected chi connectivity index (χ2v) is 9.59. The number of hydrogen-bond acceptors (Lipinski definition) is 4. The SMILES string of the molecule is O=C(CC12CC3CC(CC(C3)C1)C2)NCC(=O)N1CCC(O)(C(=O)O)CC1. The van der Waals surface area contributed by atoms with Gasteiger partial charge in [0.15, 0.2) is 5.60 Å². The normalized spacial score (nSPS) is 36.5. The van der Waals surface area contributed by atoms with Gasteiger partial charge in [0.05, 0.1) is 6.54 Å². The lowest BCUT2D eigenvalue weighted by Crippen LogP contribution is -2.53. The number of aliphatic carboxylic acids is 1. The van der Waals surface area contributed by atoms with Crippen LogP contribution in [-0.4, -0.2) is 58.1 Å². The van der Waals surface area contributed by atoms with Crippen LogP contribution in [0.3, 0.4) is 0 Å². The van der Waals surface area contributed by atoms with E-state index in [1.165, 1.54) is 43.4 Å². The molecular weight excluding hydrogens is 348 g/mol. The number of carboxylic acid groups (broad SMARTS) is 1. The summed E-state index contributed by atoms with van der Waals surface area (Å²) >= 11 is 0. The predicted octanol–water partition coefficient (Wildman–Crippen LogP) is 1.15. The Labute approximate surface area is 159 Å². The molecule has 4 aliphatic carbocycles. The van der Waals surface area contributed by atoms with E-state index in [1.54, 1.807) is 0 Å². The Morgan fingerprint density at radius 2 is 1.48 bits per heavy atom. The van der Waals surface area contributed by atoms with Gasteiger partial charge in [-0.15, -0.1) is 0 Å². The van der Waals surface area contributed by atoms with Crippen LogP contribution in [0.25, 0.3) is 0 Å². The minimum Gasteiger partial charge on any atom is -0.479 e. The molecule has 0 atom stereocenters. The average Bonchev–Trinajstić information content (AvgIpc) is 2.58. The third-order valence-electron chi connectivity index (χ3n) is 7.48. The summed E-state index contributed by atoms with van der Waals surface area (Å²) in [6.07, 6.45) is 8.11. The molecular formula is C20H30N2O5. The molecule has 27 heavy (non-hydrogen) atoms. The number of carboxylic acids is 1. The van der Waals surface area contributed by atoms with Crippen LogP contribution >= 0.6 is 0 Å². The van der Waals surface area contributed by atoms with Gasteiger partial charge in [-0.25, -0.2) is 4.79 Å². The number of carbonyl (C=O) groups excluding carboxylic acids is 2. The van der Waals surface area contributed by atoms with Crippen molar-refractivity contribution in [1.82, 2.24) is 10.2 Å². The summed E-state index contributed by atoms with van der Waals surface area (Å²) in [6, 6.07) is 0. The molecule has 150 valence electrons. The van der Waals surface area contributed by atoms with Gasteiger partial charge in [-0.05, 0) is 61.7 Å². The molecule has 0 aromatic rings. The highest BCUT2D eigenvalue weighted by atomic mass is 16.4. The first-order chi connectivity index (χ1) is 12.8. The third-order valence-corrected chi connectivity index (χ3v) is 7.48. The van der Waals surface area contributed by atoms with Gasteiger partial charge in [0.1, 0.15) is 0 Å². The molecule has 3 N–H and O–H groups in total. The van der Waals surface area contributed by atoms with Gasteiger partial charge >= 0.3 is 5.97 Å². The van der Waals surface area contributed by atoms with Gasteiger partial charge in [-0.2, -0.15) is 0 Å². The van der Waals surface area contributed by atoms with E-state index < -0.39 is 11.6 Å². The topological polar surface area (TPSA) is 107 Å². The Hall–Kier alpha value is -1.63. The molecule has 5 fully saturated rings. The highest BCUT2D eigenvalue weighted by Gasteiger charge is 2.51. The molecule has 5 aliphatic rings. The number of likely N-dealkylation sites (tertiary alicyclic amines) is 1. The monoisotopic (exact) mass is 378 g/mol.